The second-order valence-electron chi connectivity index (χ2n) is 3.31. The molecule has 0 bridgehead atoms. The number of hydrogen-bond acceptors (Lipinski definition) is 4. The van der Waals surface area contributed by atoms with E-state index in [-0.39, 0.29) is 10.2 Å². The Bertz CT molecular complexity index is 525. The van der Waals surface area contributed by atoms with E-state index in [1.54, 1.807) is 0 Å². The first-order chi connectivity index (χ1) is 7.88. The fraction of sp³-hybridized carbons (Fsp3) is 0.333. The summed E-state index contributed by atoms with van der Waals surface area (Å²) in [6.07, 6.45) is 1.05. The van der Waals surface area contributed by atoms with E-state index in [4.69, 9.17) is 0 Å². The zero-order valence-electron chi connectivity index (χ0n) is 9.14. The van der Waals surface area contributed by atoms with E-state index >= 15 is 0 Å². The second kappa shape index (κ2) is 5.09. The molecule has 1 heterocycles. The molecule has 0 fully saturated rings. The molecule has 7 nitrogen and oxygen atoms in total. The predicted octanol–water partition coefficient (Wildman–Crippen LogP) is 0.826. The molecule has 0 aliphatic heterocycles. The third-order valence-corrected chi connectivity index (χ3v) is 2.81. The standard InChI is InChI=1S/C9H10BrN3O4/c1-5(8(14)11-2)12-4-6(13(16)17)3-7(10)9(12)15/h3-5H,1-2H3,(H,11,14). The van der Waals surface area contributed by atoms with Crippen molar-refractivity contribution in [3.05, 3.63) is 37.2 Å². The Hall–Kier alpha value is -1.70. The molecule has 1 unspecified atom stereocenters. The average Bonchev–Trinajstić information content (AvgIpc) is 2.30. The highest BCUT2D eigenvalue weighted by molar-refractivity contribution is 9.10. The Balaban J connectivity index is 3.37. The lowest BCUT2D eigenvalue weighted by atomic mass is 10.3. The first-order valence-electron chi connectivity index (χ1n) is 4.66. The summed E-state index contributed by atoms with van der Waals surface area (Å²) >= 11 is 2.94. The van der Waals surface area contributed by atoms with Crippen LogP contribution in [0.15, 0.2) is 21.5 Å². The number of nitro groups is 1. The molecule has 0 spiro atoms. The number of nitrogens with one attached hydrogen (secondary N) is 1. The number of pyridine rings is 1. The van der Waals surface area contributed by atoms with Crippen molar-refractivity contribution >= 4 is 27.5 Å². The average molecular weight is 304 g/mol. The minimum absolute atomic E-state index is 0.0439. The lowest BCUT2D eigenvalue weighted by Crippen LogP contribution is -2.34. The number of halogens is 1. The minimum atomic E-state index is -0.816. The molecule has 0 aliphatic rings. The third-order valence-electron chi connectivity index (χ3n) is 2.24. The van der Waals surface area contributed by atoms with Gasteiger partial charge in [-0.1, -0.05) is 0 Å². The van der Waals surface area contributed by atoms with Crippen LogP contribution in [0.25, 0.3) is 0 Å². The third kappa shape index (κ3) is 2.70. The van der Waals surface area contributed by atoms with Crippen LogP contribution < -0.4 is 10.9 Å². The highest BCUT2D eigenvalue weighted by Gasteiger charge is 2.19. The largest absolute Gasteiger partial charge is 0.357 e. The van der Waals surface area contributed by atoms with Crippen molar-refractivity contribution < 1.29 is 9.72 Å². The van der Waals surface area contributed by atoms with Crippen LogP contribution >= 0.6 is 15.9 Å². The van der Waals surface area contributed by atoms with Crippen molar-refractivity contribution in [1.82, 2.24) is 9.88 Å². The zero-order chi connectivity index (χ0) is 13.2. The van der Waals surface area contributed by atoms with Gasteiger partial charge in [-0.15, -0.1) is 0 Å². The van der Waals surface area contributed by atoms with Crippen molar-refractivity contribution in [2.45, 2.75) is 13.0 Å². The van der Waals surface area contributed by atoms with E-state index in [9.17, 15) is 19.7 Å². The molecular weight excluding hydrogens is 294 g/mol. The highest BCUT2D eigenvalue weighted by atomic mass is 79.9. The molecule has 0 aromatic carbocycles. The van der Waals surface area contributed by atoms with Gasteiger partial charge >= 0.3 is 0 Å². The SMILES string of the molecule is CNC(=O)C(C)n1cc([N+](=O)[O-])cc(Br)c1=O. The number of carbonyl (C=O) groups excluding carboxylic acids is 1. The van der Waals surface area contributed by atoms with Gasteiger partial charge in [0.1, 0.15) is 6.04 Å². The summed E-state index contributed by atoms with van der Waals surface area (Å²) < 4.78 is 1.06. The summed E-state index contributed by atoms with van der Waals surface area (Å²) in [5.74, 6) is -0.403. The fourth-order valence-electron chi connectivity index (χ4n) is 1.28. The number of rotatable bonds is 3. The van der Waals surface area contributed by atoms with E-state index in [1.807, 2.05) is 0 Å². The molecule has 0 aliphatic carbocycles. The highest BCUT2D eigenvalue weighted by Crippen LogP contribution is 2.16. The summed E-state index contributed by atoms with van der Waals surface area (Å²) in [5.41, 5.74) is -0.751. The molecule has 1 amide bonds. The first kappa shape index (κ1) is 13.4. The van der Waals surface area contributed by atoms with Gasteiger partial charge in [-0.3, -0.25) is 24.3 Å². The summed E-state index contributed by atoms with van der Waals surface area (Å²) in [5, 5.41) is 13.0. The van der Waals surface area contributed by atoms with Crippen molar-refractivity contribution in [1.29, 1.82) is 0 Å². The molecule has 1 aromatic rings. The fourth-order valence-corrected chi connectivity index (χ4v) is 1.72. The molecule has 0 radical (unpaired) electrons. The quantitative estimate of drug-likeness (QED) is 0.661. The Morgan fingerprint density at radius 3 is 2.71 bits per heavy atom. The Kier molecular flexibility index (Phi) is 4.00. The van der Waals surface area contributed by atoms with Crippen LogP contribution in [0.4, 0.5) is 5.69 Å². The van der Waals surface area contributed by atoms with Crippen LogP contribution in [0.3, 0.4) is 0 Å². The smallest absolute Gasteiger partial charge is 0.286 e. The number of nitrogens with zero attached hydrogens (tertiary/aromatic N) is 2. The predicted molar refractivity (Wildman–Crippen MR) is 63.8 cm³/mol. The van der Waals surface area contributed by atoms with Gasteiger partial charge in [0.15, 0.2) is 0 Å². The van der Waals surface area contributed by atoms with Crippen LogP contribution in [0.2, 0.25) is 0 Å². The maximum absolute atomic E-state index is 11.7. The molecule has 1 atom stereocenters. The Morgan fingerprint density at radius 1 is 1.65 bits per heavy atom. The summed E-state index contributed by atoms with van der Waals surface area (Å²) in [6.45, 7) is 1.48. The summed E-state index contributed by atoms with van der Waals surface area (Å²) in [4.78, 5) is 33.1. The molecule has 1 N–H and O–H groups in total. The van der Waals surface area contributed by atoms with Crippen molar-refractivity contribution in [3.8, 4) is 0 Å². The van der Waals surface area contributed by atoms with Gasteiger partial charge in [-0.2, -0.15) is 0 Å². The number of hydrogen-bond donors (Lipinski definition) is 1. The van der Waals surface area contributed by atoms with Crippen LogP contribution in [-0.2, 0) is 4.79 Å². The molecule has 8 heteroatoms. The van der Waals surface area contributed by atoms with Crippen molar-refractivity contribution in [2.24, 2.45) is 0 Å². The van der Waals surface area contributed by atoms with E-state index in [2.05, 4.69) is 21.2 Å². The maximum atomic E-state index is 11.7. The minimum Gasteiger partial charge on any atom is -0.357 e. The van der Waals surface area contributed by atoms with Crippen molar-refractivity contribution in [2.75, 3.05) is 7.05 Å². The molecular formula is C9H10BrN3O4. The van der Waals surface area contributed by atoms with Gasteiger partial charge in [0.2, 0.25) is 5.91 Å². The van der Waals surface area contributed by atoms with Gasteiger partial charge in [-0.25, -0.2) is 0 Å². The van der Waals surface area contributed by atoms with Crippen LogP contribution in [-0.4, -0.2) is 22.4 Å². The molecule has 92 valence electrons. The lowest BCUT2D eigenvalue weighted by Gasteiger charge is -2.13. The van der Waals surface area contributed by atoms with Crippen molar-refractivity contribution in [3.63, 3.8) is 0 Å². The Labute approximate surface area is 105 Å². The lowest BCUT2D eigenvalue weighted by molar-refractivity contribution is -0.385. The van der Waals surface area contributed by atoms with E-state index in [1.165, 1.54) is 14.0 Å². The van der Waals surface area contributed by atoms with E-state index < -0.39 is 22.4 Å². The number of aromatic nitrogens is 1. The maximum Gasteiger partial charge on any atom is 0.286 e. The molecule has 0 saturated heterocycles. The van der Waals surface area contributed by atoms with Gasteiger partial charge in [-0.05, 0) is 22.9 Å². The van der Waals surface area contributed by atoms with Gasteiger partial charge in [0, 0.05) is 13.1 Å². The van der Waals surface area contributed by atoms with Crippen LogP contribution in [0.1, 0.15) is 13.0 Å². The molecule has 17 heavy (non-hydrogen) atoms. The molecule has 1 rings (SSSR count). The normalized spacial score (nSPS) is 11.9. The number of likely N-dealkylation sites (N-methyl/N-ethyl adjacent to an activating group) is 1. The summed E-state index contributed by atoms with van der Waals surface area (Å²) in [6, 6.07) is 0.291. The second-order valence-corrected chi connectivity index (χ2v) is 4.16. The molecule has 0 saturated carbocycles. The first-order valence-corrected chi connectivity index (χ1v) is 5.45. The topological polar surface area (TPSA) is 94.2 Å². The zero-order valence-corrected chi connectivity index (χ0v) is 10.7. The van der Waals surface area contributed by atoms with Gasteiger partial charge in [0.25, 0.3) is 11.2 Å². The van der Waals surface area contributed by atoms with Gasteiger partial charge < -0.3 is 5.32 Å². The van der Waals surface area contributed by atoms with Crippen LogP contribution in [0, 0.1) is 10.1 Å². The van der Waals surface area contributed by atoms with Crippen LogP contribution in [0.5, 0.6) is 0 Å². The Morgan fingerprint density at radius 2 is 2.24 bits per heavy atom. The molecule has 1 aromatic heterocycles. The number of amides is 1. The summed E-state index contributed by atoms with van der Waals surface area (Å²) in [7, 11) is 1.43. The number of carbonyl (C=O) groups is 1. The van der Waals surface area contributed by atoms with E-state index in [0.29, 0.717) is 0 Å². The van der Waals surface area contributed by atoms with E-state index in [0.717, 1.165) is 16.8 Å². The van der Waals surface area contributed by atoms with Gasteiger partial charge in [0.05, 0.1) is 15.6 Å². The monoisotopic (exact) mass is 303 g/mol.